The summed E-state index contributed by atoms with van der Waals surface area (Å²) in [5.74, 6) is -0.504. The molecule has 190 valence electrons. The summed E-state index contributed by atoms with van der Waals surface area (Å²) in [4.78, 5) is 31.0. The summed E-state index contributed by atoms with van der Waals surface area (Å²) >= 11 is 0. The lowest BCUT2D eigenvalue weighted by Crippen LogP contribution is -2.51. The Morgan fingerprint density at radius 1 is 0.974 bits per heavy atom. The molecule has 3 aliphatic rings. The number of aromatic nitrogens is 1. The Balaban J connectivity index is 1.77. The van der Waals surface area contributed by atoms with E-state index in [9.17, 15) is 28.0 Å². The predicted molar refractivity (Wildman–Crippen MR) is 135 cm³/mol. The molecule has 6 rings (SSSR count). The summed E-state index contributed by atoms with van der Waals surface area (Å²) in [6.07, 6.45) is -0.255. The number of benzene rings is 2. The molecule has 3 heterocycles. The first kappa shape index (κ1) is 23.8. The smallest absolute Gasteiger partial charge is 0.314 e. The van der Waals surface area contributed by atoms with Crippen molar-refractivity contribution in [2.45, 2.75) is 30.9 Å². The Bertz CT molecular complexity index is 1610. The van der Waals surface area contributed by atoms with Crippen molar-refractivity contribution in [3.05, 3.63) is 101 Å². The van der Waals surface area contributed by atoms with Gasteiger partial charge in [0.2, 0.25) is 5.91 Å². The van der Waals surface area contributed by atoms with Crippen LogP contribution in [0, 0.1) is 11.3 Å². The molecule has 0 radical (unpaired) electrons. The number of amides is 1. The Kier molecular flexibility index (Phi) is 5.14. The Labute approximate surface area is 216 Å². The van der Waals surface area contributed by atoms with E-state index in [1.54, 1.807) is 65.3 Å². The van der Waals surface area contributed by atoms with E-state index in [1.165, 1.54) is 17.0 Å². The van der Waals surface area contributed by atoms with Crippen LogP contribution in [-0.4, -0.2) is 23.3 Å². The number of hydrogen-bond donors (Lipinski definition) is 0. The van der Waals surface area contributed by atoms with Gasteiger partial charge in [-0.3, -0.25) is 14.5 Å². The molecule has 2 aromatic carbocycles. The fourth-order valence-electron chi connectivity index (χ4n) is 6.01. The molecule has 0 bridgehead atoms. The number of rotatable bonds is 2. The number of Topliss-reactive ketones (excluding diaryl/α,β-unsaturated/α-hetero) is 1. The minimum absolute atomic E-state index is 0.0121. The van der Waals surface area contributed by atoms with Crippen molar-refractivity contribution in [2.24, 2.45) is 0 Å². The predicted octanol–water partition coefficient (Wildman–Crippen LogP) is 5.64. The molecule has 0 saturated carbocycles. The Morgan fingerprint density at radius 2 is 1.71 bits per heavy atom. The van der Waals surface area contributed by atoms with Crippen LogP contribution in [0.25, 0.3) is 5.82 Å². The van der Waals surface area contributed by atoms with Crippen LogP contribution in [0.2, 0.25) is 0 Å². The summed E-state index contributed by atoms with van der Waals surface area (Å²) in [5, 5.41) is 10.7. The van der Waals surface area contributed by atoms with E-state index >= 15 is 0 Å². The van der Waals surface area contributed by atoms with Crippen molar-refractivity contribution in [2.75, 3.05) is 16.8 Å². The summed E-state index contributed by atoms with van der Waals surface area (Å²) in [6, 6.07) is 17.5. The highest BCUT2D eigenvalue weighted by Gasteiger charge is 2.62. The first-order chi connectivity index (χ1) is 18.2. The average Bonchev–Trinajstić information content (AvgIpc) is 3.51. The van der Waals surface area contributed by atoms with E-state index in [0.29, 0.717) is 29.8 Å². The normalized spacial score (nSPS) is 21.2. The number of para-hydroxylation sites is 1. The summed E-state index contributed by atoms with van der Waals surface area (Å²) in [5.41, 5.74) is -0.730. The Hall–Kier alpha value is -4.58. The summed E-state index contributed by atoms with van der Waals surface area (Å²) < 4.78 is 42.8. The van der Waals surface area contributed by atoms with Gasteiger partial charge in [-0.15, -0.1) is 0 Å². The second kappa shape index (κ2) is 8.21. The molecule has 1 aromatic heterocycles. The van der Waals surface area contributed by atoms with Crippen molar-refractivity contribution >= 4 is 28.9 Å². The third-order valence-corrected chi connectivity index (χ3v) is 7.53. The zero-order chi connectivity index (χ0) is 26.8. The molecule has 38 heavy (non-hydrogen) atoms. The molecule has 6 nitrogen and oxygen atoms in total. The van der Waals surface area contributed by atoms with E-state index in [2.05, 4.69) is 6.07 Å². The monoisotopic (exact) mass is 514 g/mol. The van der Waals surface area contributed by atoms with Crippen LogP contribution < -0.4 is 9.80 Å². The molecular formula is C29H21F3N4O2. The van der Waals surface area contributed by atoms with Gasteiger partial charge in [0.25, 0.3) is 0 Å². The van der Waals surface area contributed by atoms with Crippen molar-refractivity contribution in [3.8, 4) is 6.07 Å². The number of allylic oxidation sites excluding steroid dienone is 1. The van der Waals surface area contributed by atoms with Gasteiger partial charge in [0, 0.05) is 54.1 Å². The number of carbonyl (C=O) groups is 2. The van der Waals surface area contributed by atoms with Gasteiger partial charge in [0.05, 0.1) is 11.1 Å². The molecule has 9 heteroatoms. The highest BCUT2D eigenvalue weighted by Crippen LogP contribution is 2.57. The molecule has 0 N–H and O–H groups in total. The molecule has 0 saturated heterocycles. The number of anilines is 2. The van der Waals surface area contributed by atoms with Gasteiger partial charge in [-0.25, -0.2) is 0 Å². The largest absolute Gasteiger partial charge is 0.416 e. The van der Waals surface area contributed by atoms with Gasteiger partial charge in [-0.2, -0.15) is 18.4 Å². The third-order valence-electron chi connectivity index (χ3n) is 7.53. The van der Waals surface area contributed by atoms with E-state index in [1.807, 2.05) is 0 Å². The van der Waals surface area contributed by atoms with Gasteiger partial charge < -0.3 is 9.47 Å². The minimum atomic E-state index is -4.59. The minimum Gasteiger partial charge on any atom is -0.314 e. The zero-order valence-electron chi connectivity index (χ0n) is 20.3. The molecule has 0 fully saturated rings. The molecule has 1 unspecified atom stereocenters. The average molecular weight is 515 g/mol. The zero-order valence-corrected chi connectivity index (χ0v) is 20.3. The number of likely N-dealkylation sites (N-methyl/N-ethyl adjacent to an activating group) is 1. The first-order valence-electron chi connectivity index (χ1n) is 12.1. The molecule has 1 amide bonds. The van der Waals surface area contributed by atoms with Gasteiger partial charge in [-0.1, -0.05) is 24.3 Å². The maximum Gasteiger partial charge on any atom is 0.416 e. The number of alkyl halides is 3. The number of carbonyl (C=O) groups excluding carboxylic acids is 2. The number of hydrogen-bond acceptors (Lipinski definition) is 4. The molecule has 1 aliphatic carbocycles. The summed E-state index contributed by atoms with van der Waals surface area (Å²) in [6.45, 7) is 0. The van der Waals surface area contributed by atoms with Crippen LogP contribution in [0.3, 0.4) is 0 Å². The number of nitriles is 1. The van der Waals surface area contributed by atoms with Crippen molar-refractivity contribution in [3.63, 3.8) is 0 Å². The maximum absolute atomic E-state index is 14.2. The second-order valence-electron chi connectivity index (χ2n) is 9.51. The molecule has 1 spiro atoms. The highest BCUT2D eigenvalue weighted by molar-refractivity contribution is 6.21. The fourth-order valence-corrected chi connectivity index (χ4v) is 6.01. The van der Waals surface area contributed by atoms with Crippen LogP contribution in [-0.2, 0) is 21.2 Å². The van der Waals surface area contributed by atoms with E-state index in [4.69, 9.17) is 0 Å². The van der Waals surface area contributed by atoms with Crippen LogP contribution in [0.4, 0.5) is 24.5 Å². The molecular weight excluding hydrogens is 493 g/mol. The molecule has 3 aromatic rings. The number of halogens is 3. The van der Waals surface area contributed by atoms with Crippen molar-refractivity contribution < 1.29 is 22.8 Å². The standard InChI is InChI=1S/C29H21F3N4O2/c1-34-22-11-3-2-10-20(22)28(27(34)38)21(17-33)26(35-14-4-5-15-35)36(23-12-7-13-24(37)25(23)28)19-9-6-8-18(16-19)29(30,31)32/h2-6,8-11,14-16H,7,12-13H2,1H3. The van der Waals surface area contributed by atoms with E-state index < -0.39 is 23.1 Å². The lowest BCUT2D eigenvalue weighted by molar-refractivity contribution is -0.137. The van der Waals surface area contributed by atoms with Crippen molar-refractivity contribution in [1.82, 2.24) is 4.57 Å². The lowest BCUT2D eigenvalue weighted by Gasteiger charge is -2.45. The topological polar surface area (TPSA) is 69.3 Å². The number of ketones is 1. The first-order valence-corrected chi connectivity index (χ1v) is 12.1. The van der Waals surface area contributed by atoms with Crippen LogP contribution in [0.15, 0.2) is 89.9 Å². The quantitative estimate of drug-likeness (QED) is 0.444. The van der Waals surface area contributed by atoms with Crippen LogP contribution in [0.1, 0.15) is 30.4 Å². The van der Waals surface area contributed by atoms with Crippen molar-refractivity contribution in [1.29, 1.82) is 5.26 Å². The van der Waals surface area contributed by atoms with Gasteiger partial charge in [0.15, 0.2) is 5.78 Å². The van der Waals surface area contributed by atoms with Gasteiger partial charge >= 0.3 is 6.18 Å². The van der Waals surface area contributed by atoms with Gasteiger partial charge in [0.1, 0.15) is 17.3 Å². The number of nitrogens with zero attached hydrogens (tertiary/aromatic N) is 4. The lowest BCUT2D eigenvalue weighted by atomic mass is 9.63. The van der Waals surface area contributed by atoms with Crippen LogP contribution >= 0.6 is 0 Å². The van der Waals surface area contributed by atoms with E-state index in [-0.39, 0.29) is 34.9 Å². The van der Waals surface area contributed by atoms with Gasteiger partial charge in [-0.05, 0) is 49.2 Å². The van der Waals surface area contributed by atoms with Crippen LogP contribution in [0.5, 0.6) is 0 Å². The fraction of sp³-hybridized carbons (Fsp3) is 0.207. The number of fused-ring (bicyclic) bond motifs is 3. The Morgan fingerprint density at radius 3 is 2.42 bits per heavy atom. The summed E-state index contributed by atoms with van der Waals surface area (Å²) in [7, 11) is 1.60. The van der Waals surface area contributed by atoms with E-state index in [0.717, 1.165) is 12.1 Å². The SMILES string of the molecule is CN1C(=O)C2(C(C#N)=C(n3cccc3)N(c3cccc(C(F)(F)F)c3)C3=C2C(=O)CCC3)c2ccccc21. The molecule has 1 atom stereocenters. The highest BCUT2D eigenvalue weighted by atomic mass is 19.4. The maximum atomic E-state index is 14.2. The third kappa shape index (κ3) is 3.06. The molecule has 2 aliphatic heterocycles. The second-order valence-corrected chi connectivity index (χ2v) is 9.51.